The lowest BCUT2D eigenvalue weighted by atomic mass is 10.2. The summed E-state index contributed by atoms with van der Waals surface area (Å²) in [5.74, 6) is 0.290. The van der Waals surface area contributed by atoms with Gasteiger partial charge in [-0.15, -0.1) is 0 Å². The quantitative estimate of drug-likeness (QED) is 0.681. The fourth-order valence-corrected chi connectivity index (χ4v) is 2.14. The number of hydrogen-bond donors (Lipinski definition) is 1. The summed E-state index contributed by atoms with van der Waals surface area (Å²) in [6.07, 6.45) is 4.47. The third kappa shape index (κ3) is 3.70. The fourth-order valence-electron chi connectivity index (χ4n) is 2.14. The van der Waals surface area contributed by atoms with Crippen molar-refractivity contribution in [3.63, 3.8) is 0 Å². The van der Waals surface area contributed by atoms with Gasteiger partial charge < -0.3 is 14.5 Å². The van der Waals surface area contributed by atoms with Crippen LogP contribution >= 0.6 is 0 Å². The van der Waals surface area contributed by atoms with Crippen molar-refractivity contribution in [3.8, 4) is 5.75 Å². The molecule has 4 heteroatoms. The minimum Gasteiger partial charge on any atom is -0.453 e. The Hall–Kier alpha value is -1.55. The Morgan fingerprint density at radius 1 is 1.47 bits per heavy atom. The number of rotatable bonds is 3. The van der Waals surface area contributed by atoms with Gasteiger partial charge in [-0.3, -0.25) is 4.79 Å². The standard InChI is InChI=1S/C9H8O3.C6H13N/c1-2-9(10)12-8-5-6-3-4-7(8)11-6;1-2-6-4-3-5-7-6/h3-5H,2H2,1H3;6-7H,2-5H2,1H3. The van der Waals surface area contributed by atoms with Crippen LogP contribution < -0.4 is 10.1 Å². The summed E-state index contributed by atoms with van der Waals surface area (Å²) in [6.45, 7) is 5.24. The average Bonchev–Trinajstić information content (AvgIpc) is 3.16. The van der Waals surface area contributed by atoms with Gasteiger partial charge in [0.1, 0.15) is 5.58 Å². The molecule has 1 unspecified atom stereocenters. The molecule has 0 amide bonds. The van der Waals surface area contributed by atoms with Crippen LogP contribution in [0, 0.1) is 0 Å². The lowest BCUT2D eigenvalue weighted by Gasteiger charge is -2.02. The van der Waals surface area contributed by atoms with E-state index >= 15 is 0 Å². The predicted octanol–water partition coefficient (Wildman–Crippen LogP) is 3.33. The van der Waals surface area contributed by atoms with Gasteiger partial charge in [-0.05, 0) is 37.9 Å². The molecule has 0 radical (unpaired) electrons. The van der Waals surface area contributed by atoms with Crippen molar-refractivity contribution in [1.29, 1.82) is 0 Å². The maximum atomic E-state index is 10.9. The van der Waals surface area contributed by atoms with Crippen molar-refractivity contribution in [3.05, 3.63) is 18.2 Å². The van der Waals surface area contributed by atoms with E-state index in [4.69, 9.17) is 9.15 Å². The maximum absolute atomic E-state index is 10.9. The molecule has 1 aliphatic heterocycles. The summed E-state index contributed by atoms with van der Waals surface area (Å²) >= 11 is 0. The molecule has 0 aromatic carbocycles. The van der Waals surface area contributed by atoms with Crippen molar-refractivity contribution in [2.45, 2.75) is 45.6 Å². The van der Waals surface area contributed by atoms with E-state index in [2.05, 4.69) is 12.2 Å². The summed E-state index contributed by atoms with van der Waals surface area (Å²) in [7, 11) is 0. The number of benzene rings is 1. The number of esters is 1. The fraction of sp³-hybridized carbons (Fsp3) is 0.533. The van der Waals surface area contributed by atoms with Crippen LogP contribution in [0.3, 0.4) is 0 Å². The third-order valence-electron chi connectivity index (χ3n) is 3.31. The zero-order valence-electron chi connectivity index (χ0n) is 11.6. The first-order valence-electron chi connectivity index (χ1n) is 6.99. The number of carbonyl (C=O) groups is 1. The van der Waals surface area contributed by atoms with E-state index in [1.54, 1.807) is 19.1 Å². The Balaban J connectivity index is 0.000000163. The van der Waals surface area contributed by atoms with E-state index in [1.807, 2.05) is 6.07 Å². The minimum atomic E-state index is -0.237. The summed E-state index contributed by atoms with van der Waals surface area (Å²) in [6, 6.07) is 6.18. The average molecular weight is 263 g/mol. The first kappa shape index (κ1) is 13.9. The van der Waals surface area contributed by atoms with Gasteiger partial charge in [0.25, 0.3) is 0 Å². The minimum absolute atomic E-state index is 0.237. The lowest BCUT2D eigenvalue weighted by molar-refractivity contribution is -0.133. The molecule has 0 saturated carbocycles. The molecule has 0 spiro atoms. The molecule has 0 aliphatic carbocycles. The molecule has 1 N–H and O–H groups in total. The highest BCUT2D eigenvalue weighted by Crippen LogP contribution is 2.28. The topological polar surface area (TPSA) is 51.5 Å². The zero-order valence-corrected chi connectivity index (χ0v) is 11.6. The van der Waals surface area contributed by atoms with Crippen molar-refractivity contribution >= 4 is 17.1 Å². The third-order valence-corrected chi connectivity index (χ3v) is 3.31. The van der Waals surface area contributed by atoms with E-state index in [-0.39, 0.29) is 5.97 Å². The van der Waals surface area contributed by atoms with Crippen LogP contribution in [0.4, 0.5) is 0 Å². The monoisotopic (exact) mass is 263 g/mol. The zero-order chi connectivity index (χ0) is 13.7. The molecular weight excluding hydrogens is 242 g/mol. The van der Waals surface area contributed by atoms with Gasteiger partial charge in [0, 0.05) is 18.5 Å². The van der Waals surface area contributed by atoms with Gasteiger partial charge in [-0.25, -0.2) is 0 Å². The molecule has 104 valence electrons. The van der Waals surface area contributed by atoms with Crippen molar-refractivity contribution < 1.29 is 13.9 Å². The maximum Gasteiger partial charge on any atom is 0.311 e. The summed E-state index contributed by atoms with van der Waals surface area (Å²) in [5.41, 5.74) is 1.37. The molecule has 3 heterocycles. The summed E-state index contributed by atoms with van der Waals surface area (Å²) in [5, 5.41) is 3.41. The molecule has 1 aliphatic rings. The van der Waals surface area contributed by atoms with Crippen LogP contribution in [0.1, 0.15) is 39.5 Å². The Morgan fingerprint density at radius 2 is 2.32 bits per heavy atom. The number of ether oxygens (including phenoxy) is 1. The van der Waals surface area contributed by atoms with Gasteiger partial charge in [-0.1, -0.05) is 13.8 Å². The van der Waals surface area contributed by atoms with E-state index in [0.29, 0.717) is 17.8 Å². The molecule has 3 rings (SSSR count). The molecule has 2 bridgehead atoms. The molecule has 1 fully saturated rings. The van der Waals surface area contributed by atoms with Gasteiger partial charge >= 0.3 is 5.97 Å². The summed E-state index contributed by atoms with van der Waals surface area (Å²) < 4.78 is 10.2. The first-order valence-corrected chi connectivity index (χ1v) is 6.99. The Labute approximate surface area is 113 Å². The smallest absolute Gasteiger partial charge is 0.311 e. The van der Waals surface area contributed by atoms with Crippen LogP contribution in [-0.2, 0) is 4.79 Å². The summed E-state index contributed by atoms with van der Waals surface area (Å²) in [4.78, 5) is 10.9. The second kappa shape index (κ2) is 6.57. The molecule has 2 aromatic heterocycles. The van der Waals surface area contributed by atoms with Crippen LogP contribution in [0.15, 0.2) is 22.6 Å². The number of furan rings is 2. The Morgan fingerprint density at radius 3 is 2.74 bits per heavy atom. The molecule has 1 saturated heterocycles. The highest BCUT2D eigenvalue weighted by Gasteiger charge is 2.10. The highest BCUT2D eigenvalue weighted by atomic mass is 16.5. The van der Waals surface area contributed by atoms with Crippen LogP contribution in [-0.4, -0.2) is 18.6 Å². The van der Waals surface area contributed by atoms with Gasteiger partial charge in [0.2, 0.25) is 0 Å². The van der Waals surface area contributed by atoms with Crippen molar-refractivity contribution in [2.75, 3.05) is 6.54 Å². The van der Waals surface area contributed by atoms with Crippen molar-refractivity contribution in [1.82, 2.24) is 5.32 Å². The number of nitrogens with one attached hydrogen (secondary N) is 1. The molecule has 1 atom stereocenters. The first-order chi connectivity index (χ1) is 9.22. The van der Waals surface area contributed by atoms with Gasteiger partial charge in [0.05, 0.1) is 0 Å². The van der Waals surface area contributed by atoms with Gasteiger partial charge in [-0.2, -0.15) is 0 Å². The number of fused-ring (bicyclic) bond motifs is 2. The molecule has 4 nitrogen and oxygen atoms in total. The Kier molecular flexibility index (Phi) is 4.80. The highest BCUT2D eigenvalue weighted by molar-refractivity contribution is 5.78. The van der Waals surface area contributed by atoms with Crippen LogP contribution in [0.2, 0.25) is 0 Å². The number of hydrogen-bond acceptors (Lipinski definition) is 4. The molecule has 2 aromatic rings. The SMILES string of the molecule is CCC(=O)Oc1cc2ccc1o2.CCC1CCCN1. The second-order valence-electron chi connectivity index (χ2n) is 4.74. The lowest BCUT2D eigenvalue weighted by Crippen LogP contribution is -2.19. The largest absolute Gasteiger partial charge is 0.453 e. The molecule has 19 heavy (non-hydrogen) atoms. The predicted molar refractivity (Wildman–Crippen MR) is 74.6 cm³/mol. The van der Waals surface area contributed by atoms with E-state index in [9.17, 15) is 4.79 Å². The second-order valence-corrected chi connectivity index (χ2v) is 4.74. The molecular formula is C15H21NO3. The number of carbonyl (C=O) groups excluding carboxylic acids is 1. The van der Waals surface area contributed by atoms with E-state index in [1.165, 1.54) is 25.8 Å². The Bertz CT molecular complexity index is 500. The van der Waals surface area contributed by atoms with Crippen molar-refractivity contribution in [2.24, 2.45) is 0 Å². The van der Waals surface area contributed by atoms with Crippen LogP contribution in [0.25, 0.3) is 11.2 Å². The van der Waals surface area contributed by atoms with E-state index in [0.717, 1.165) is 11.6 Å². The van der Waals surface area contributed by atoms with Crippen LogP contribution in [0.5, 0.6) is 5.75 Å². The van der Waals surface area contributed by atoms with E-state index < -0.39 is 0 Å². The normalized spacial score (nSPS) is 18.3. The van der Waals surface area contributed by atoms with Gasteiger partial charge in [0.15, 0.2) is 11.3 Å².